The fourth-order valence-electron chi connectivity index (χ4n) is 2.43. The Hall–Kier alpha value is -2.88. The summed E-state index contributed by atoms with van der Waals surface area (Å²) in [6.45, 7) is 0. The molecule has 0 aliphatic heterocycles. The lowest BCUT2D eigenvalue weighted by Crippen LogP contribution is -1.96. The fourth-order valence-corrected chi connectivity index (χ4v) is 2.43. The molecule has 3 aromatic rings. The Morgan fingerprint density at radius 2 is 1.00 bits per heavy atom. The van der Waals surface area contributed by atoms with Crippen molar-refractivity contribution in [3.8, 4) is 33.8 Å². The minimum atomic E-state index is -1.46. The molecular weight excluding hydrogens is 286 g/mol. The molecule has 3 rings (SSSR count). The zero-order valence-corrected chi connectivity index (χ0v) is 11.4. The molecule has 0 unspecified atom stereocenters. The average Bonchev–Trinajstić information content (AvgIpc) is 2.57. The third kappa shape index (κ3) is 2.19. The van der Waals surface area contributed by atoms with Gasteiger partial charge in [0, 0.05) is 11.1 Å². The summed E-state index contributed by atoms with van der Waals surface area (Å²) in [4.78, 5) is 0. The second kappa shape index (κ2) is 5.48. The van der Waals surface area contributed by atoms with E-state index in [-0.39, 0.29) is 11.1 Å². The van der Waals surface area contributed by atoms with Crippen LogP contribution in [0.1, 0.15) is 0 Å². The molecule has 110 valence electrons. The number of hydrogen-bond donors (Lipinski definition) is 2. The second-order valence-electron chi connectivity index (χ2n) is 4.81. The van der Waals surface area contributed by atoms with Crippen molar-refractivity contribution in [2.75, 3.05) is 0 Å². The first-order chi connectivity index (χ1) is 10.6. The van der Waals surface area contributed by atoms with E-state index in [2.05, 4.69) is 0 Å². The lowest BCUT2D eigenvalue weighted by atomic mass is 9.92. The highest BCUT2D eigenvalue weighted by atomic mass is 19.2. The smallest absolute Gasteiger partial charge is 0.204 e. The molecule has 0 saturated heterocycles. The molecule has 3 aromatic carbocycles. The number of aromatic hydroxyl groups is 2. The van der Waals surface area contributed by atoms with E-state index in [9.17, 15) is 19.0 Å². The van der Waals surface area contributed by atoms with Gasteiger partial charge < -0.3 is 10.2 Å². The molecule has 2 nitrogen and oxygen atoms in total. The molecule has 22 heavy (non-hydrogen) atoms. The summed E-state index contributed by atoms with van der Waals surface area (Å²) in [6.07, 6.45) is 0. The van der Waals surface area contributed by atoms with Crippen molar-refractivity contribution in [1.82, 2.24) is 0 Å². The minimum absolute atomic E-state index is 0.0585. The van der Waals surface area contributed by atoms with Gasteiger partial charge in [0.25, 0.3) is 0 Å². The van der Waals surface area contributed by atoms with E-state index in [1.54, 1.807) is 60.7 Å². The Kier molecular flexibility index (Phi) is 3.51. The van der Waals surface area contributed by atoms with Crippen molar-refractivity contribution in [3.05, 3.63) is 72.3 Å². The van der Waals surface area contributed by atoms with E-state index in [1.807, 2.05) is 0 Å². The van der Waals surface area contributed by atoms with Crippen LogP contribution in [-0.4, -0.2) is 10.2 Å². The van der Waals surface area contributed by atoms with Gasteiger partial charge in [-0.3, -0.25) is 0 Å². The van der Waals surface area contributed by atoms with Gasteiger partial charge >= 0.3 is 0 Å². The molecule has 0 heterocycles. The van der Waals surface area contributed by atoms with Crippen molar-refractivity contribution < 1.29 is 19.0 Å². The van der Waals surface area contributed by atoms with Gasteiger partial charge in [0.1, 0.15) is 0 Å². The van der Waals surface area contributed by atoms with Gasteiger partial charge in [-0.25, -0.2) is 4.39 Å². The van der Waals surface area contributed by atoms with E-state index in [4.69, 9.17) is 0 Å². The third-order valence-electron chi connectivity index (χ3n) is 3.46. The van der Waals surface area contributed by atoms with E-state index in [1.165, 1.54) is 0 Å². The molecule has 0 atom stereocenters. The van der Waals surface area contributed by atoms with Crippen molar-refractivity contribution >= 4 is 0 Å². The highest BCUT2D eigenvalue weighted by Gasteiger charge is 2.25. The Balaban J connectivity index is 2.42. The number of halogens is 2. The molecule has 0 fully saturated rings. The lowest BCUT2D eigenvalue weighted by molar-refractivity contribution is 0.366. The van der Waals surface area contributed by atoms with E-state index < -0.39 is 23.1 Å². The van der Waals surface area contributed by atoms with Gasteiger partial charge in [-0.15, -0.1) is 0 Å². The van der Waals surface area contributed by atoms with Crippen LogP contribution in [0.5, 0.6) is 11.5 Å². The molecule has 0 radical (unpaired) electrons. The van der Waals surface area contributed by atoms with Gasteiger partial charge in [0.05, 0.1) is 0 Å². The normalized spacial score (nSPS) is 10.6. The maximum atomic E-state index is 14.4. The summed E-state index contributed by atoms with van der Waals surface area (Å²) >= 11 is 0. The zero-order chi connectivity index (χ0) is 15.7. The lowest BCUT2D eigenvalue weighted by Gasteiger charge is -2.15. The van der Waals surface area contributed by atoms with Crippen molar-refractivity contribution in [2.24, 2.45) is 0 Å². The van der Waals surface area contributed by atoms with Gasteiger partial charge in [0.15, 0.2) is 17.3 Å². The summed E-state index contributed by atoms with van der Waals surface area (Å²) in [5.41, 5.74) is 0.865. The van der Waals surface area contributed by atoms with Crippen LogP contribution < -0.4 is 0 Å². The average molecular weight is 298 g/mol. The summed E-state index contributed by atoms with van der Waals surface area (Å²) in [5, 5.41) is 19.8. The summed E-state index contributed by atoms with van der Waals surface area (Å²) in [7, 11) is 0. The van der Waals surface area contributed by atoms with Gasteiger partial charge in [-0.2, -0.15) is 4.39 Å². The van der Waals surface area contributed by atoms with Crippen LogP contribution in [0.25, 0.3) is 22.3 Å². The summed E-state index contributed by atoms with van der Waals surface area (Å²) in [6, 6.07) is 16.8. The summed E-state index contributed by atoms with van der Waals surface area (Å²) < 4.78 is 28.3. The molecular formula is C18H12F2O2. The Bertz CT molecular complexity index is 745. The predicted molar refractivity (Wildman–Crippen MR) is 80.6 cm³/mol. The largest absolute Gasteiger partial charge is 0.504 e. The van der Waals surface area contributed by atoms with E-state index in [0.29, 0.717) is 11.1 Å². The van der Waals surface area contributed by atoms with Crippen LogP contribution in [-0.2, 0) is 0 Å². The zero-order valence-electron chi connectivity index (χ0n) is 11.4. The van der Waals surface area contributed by atoms with Gasteiger partial charge in [0.2, 0.25) is 5.82 Å². The number of benzene rings is 3. The highest BCUT2D eigenvalue weighted by Crippen LogP contribution is 2.46. The minimum Gasteiger partial charge on any atom is -0.504 e. The predicted octanol–water partition coefficient (Wildman–Crippen LogP) is 4.71. The SMILES string of the molecule is Oc1c(O)c(-c2ccccc2)c(-c2ccccc2)c(F)c1F. The first kappa shape index (κ1) is 14.1. The van der Waals surface area contributed by atoms with Crippen LogP contribution >= 0.6 is 0 Å². The van der Waals surface area contributed by atoms with Crippen molar-refractivity contribution in [1.29, 1.82) is 0 Å². The molecule has 0 aliphatic rings. The number of phenolic OH excluding ortho intramolecular Hbond substituents is 2. The van der Waals surface area contributed by atoms with Gasteiger partial charge in [-0.1, -0.05) is 60.7 Å². The molecule has 2 N–H and O–H groups in total. The number of rotatable bonds is 2. The molecule has 0 aromatic heterocycles. The third-order valence-corrected chi connectivity index (χ3v) is 3.46. The van der Waals surface area contributed by atoms with Gasteiger partial charge in [-0.05, 0) is 11.1 Å². The molecule has 0 spiro atoms. The number of phenols is 2. The first-order valence-electron chi connectivity index (χ1n) is 6.65. The van der Waals surface area contributed by atoms with E-state index in [0.717, 1.165) is 0 Å². The van der Waals surface area contributed by atoms with Crippen LogP contribution in [0.2, 0.25) is 0 Å². The first-order valence-corrected chi connectivity index (χ1v) is 6.65. The molecule has 0 saturated carbocycles. The highest BCUT2D eigenvalue weighted by molar-refractivity contribution is 5.89. The van der Waals surface area contributed by atoms with Crippen molar-refractivity contribution in [3.63, 3.8) is 0 Å². The molecule has 0 aliphatic carbocycles. The number of hydrogen-bond acceptors (Lipinski definition) is 2. The quantitative estimate of drug-likeness (QED) is 0.673. The standard InChI is InChI=1S/C18H12F2O2/c19-15-13(11-7-3-1-4-8-11)14(12-9-5-2-6-10-12)17(21)18(22)16(15)20/h1-10,21-22H. The van der Waals surface area contributed by atoms with Crippen LogP contribution in [0.15, 0.2) is 60.7 Å². The molecule has 0 bridgehead atoms. The Labute approximate surface area is 125 Å². The van der Waals surface area contributed by atoms with Crippen LogP contribution in [0.3, 0.4) is 0 Å². The second-order valence-corrected chi connectivity index (χ2v) is 4.81. The fraction of sp³-hybridized carbons (Fsp3) is 0. The molecule has 4 heteroatoms. The maximum absolute atomic E-state index is 14.4. The van der Waals surface area contributed by atoms with Crippen LogP contribution in [0.4, 0.5) is 8.78 Å². The van der Waals surface area contributed by atoms with E-state index >= 15 is 0 Å². The topological polar surface area (TPSA) is 40.5 Å². The monoisotopic (exact) mass is 298 g/mol. The summed E-state index contributed by atoms with van der Waals surface area (Å²) in [5.74, 6) is -4.42. The molecule has 0 amide bonds. The van der Waals surface area contributed by atoms with Crippen LogP contribution in [0, 0.1) is 11.6 Å². The Morgan fingerprint density at radius 3 is 1.50 bits per heavy atom. The van der Waals surface area contributed by atoms with Crippen molar-refractivity contribution in [2.45, 2.75) is 0 Å². The maximum Gasteiger partial charge on any atom is 0.204 e. The Morgan fingerprint density at radius 1 is 0.545 bits per heavy atom.